The normalized spacial score (nSPS) is 10.7. The Morgan fingerprint density at radius 2 is 1.70 bits per heavy atom. The minimum absolute atomic E-state index is 0. The molecule has 0 saturated carbocycles. The lowest BCUT2D eigenvalue weighted by atomic mass is 10.1. The zero-order valence-electron chi connectivity index (χ0n) is 18.2. The Morgan fingerprint density at radius 3 is 2.33 bits per heavy atom. The second-order valence-electron chi connectivity index (χ2n) is 6.74. The molecule has 0 aliphatic carbocycles. The maximum atomic E-state index is 11.8. The first-order chi connectivity index (χ1) is 14.1. The van der Waals surface area contributed by atoms with E-state index in [1.807, 2.05) is 44.2 Å². The number of aliphatic imine (C=N–C) groups is 1. The van der Waals surface area contributed by atoms with Gasteiger partial charge in [0.05, 0.1) is 13.7 Å². The lowest BCUT2D eigenvalue weighted by Gasteiger charge is -2.13. The van der Waals surface area contributed by atoms with Crippen molar-refractivity contribution in [1.82, 2.24) is 16.0 Å². The van der Waals surface area contributed by atoms with Crippen LogP contribution < -0.4 is 20.7 Å². The van der Waals surface area contributed by atoms with Gasteiger partial charge in [0, 0.05) is 25.2 Å². The summed E-state index contributed by atoms with van der Waals surface area (Å²) in [6.45, 7) is 8.74. The number of nitrogens with zero attached hydrogens (tertiary/aromatic N) is 1. The topological polar surface area (TPSA) is 74.8 Å². The van der Waals surface area contributed by atoms with Crippen molar-refractivity contribution in [3.05, 3.63) is 64.7 Å². The molecule has 2 rings (SSSR count). The van der Waals surface area contributed by atoms with E-state index in [0.29, 0.717) is 18.7 Å². The molecule has 1 amide bonds. The number of aryl methyl sites for hydroxylation is 1. The molecule has 0 heterocycles. The third-order valence-corrected chi connectivity index (χ3v) is 4.44. The largest absolute Gasteiger partial charge is 0.496 e. The third kappa shape index (κ3) is 8.22. The van der Waals surface area contributed by atoms with E-state index in [9.17, 15) is 4.79 Å². The molecule has 2 aromatic carbocycles. The summed E-state index contributed by atoms with van der Waals surface area (Å²) in [5, 5.41) is 9.45. The van der Waals surface area contributed by atoms with E-state index < -0.39 is 0 Å². The molecule has 0 unspecified atom stereocenters. The van der Waals surface area contributed by atoms with Crippen molar-refractivity contribution in [2.75, 3.05) is 26.7 Å². The van der Waals surface area contributed by atoms with E-state index in [1.54, 1.807) is 7.11 Å². The van der Waals surface area contributed by atoms with Crippen molar-refractivity contribution in [2.24, 2.45) is 4.99 Å². The van der Waals surface area contributed by atoms with E-state index >= 15 is 0 Å². The number of benzene rings is 2. The molecule has 0 fully saturated rings. The van der Waals surface area contributed by atoms with Gasteiger partial charge in [-0.2, -0.15) is 0 Å². The maximum absolute atomic E-state index is 11.8. The SMILES string of the molecule is CCNC(=O)c1ccc(CN=C(NCC)NCCc2cc(C)ccc2OC)cc1.I. The number of amides is 1. The summed E-state index contributed by atoms with van der Waals surface area (Å²) < 4.78 is 5.45. The molecular formula is C23H33IN4O2. The van der Waals surface area contributed by atoms with Gasteiger partial charge >= 0.3 is 0 Å². The third-order valence-electron chi connectivity index (χ3n) is 4.44. The lowest BCUT2D eigenvalue weighted by Crippen LogP contribution is -2.38. The van der Waals surface area contributed by atoms with Crippen LogP contribution in [0.5, 0.6) is 5.75 Å². The summed E-state index contributed by atoms with van der Waals surface area (Å²) in [5.41, 5.74) is 4.11. The molecule has 2 aromatic rings. The molecule has 0 radical (unpaired) electrons. The number of nitrogens with one attached hydrogen (secondary N) is 3. The molecule has 0 spiro atoms. The van der Waals surface area contributed by atoms with Crippen molar-refractivity contribution < 1.29 is 9.53 Å². The van der Waals surface area contributed by atoms with E-state index in [4.69, 9.17) is 4.74 Å². The van der Waals surface area contributed by atoms with Gasteiger partial charge in [-0.05, 0) is 56.5 Å². The van der Waals surface area contributed by atoms with E-state index in [0.717, 1.165) is 36.8 Å². The van der Waals surface area contributed by atoms with Crippen LogP contribution in [0.15, 0.2) is 47.5 Å². The Morgan fingerprint density at radius 1 is 1.00 bits per heavy atom. The summed E-state index contributed by atoms with van der Waals surface area (Å²) >= 11 is 0. The Labute approximate surface area is 196 Å². The van der Waals surface area contributed by atoms with Gasteiger partial charge in [0.1, 0.15) is 5.75 Å². The number of halogens is 1. The van der Waals surface area contributed by atoms with Crippen LogP contribution in [0.1, 0.15) is 40.9 Å². The van der Waals surface area contributed by atoms with Crippen LogP contribution in [0, 0.1) is 6.92 Å². The van der Waals surface area contributed by atoms with Crippen molar-refractivity contribution >= 4 is 35.8 Å². The standard InChI is InChI=1S/C23H32N4O2.HI/c1-5-24-22(28)19-10-8-18(9-11-19)16-27-23(25-6-2)26-14-13-20-15-17(3)7-12-21(20)29-4;/h7-12,15H,5-6,13-14,16H2,1-4H3,(H,24,28)(H2,25,26,27);1H. The molecule has 7 heteroatoms. The second kappa shape index (κ2) is 13.8. The highest BCUT2D eigenvalue weighted by Crippen LogP contribution is 2.19. The summed E-state index contributed by atoms with van der Waals surface area (Å²) in [5.74, 6) is 1.63. The van der Waals surface area contributed by atoms with Crippen molar-refractivity contribution in [2.45, 2.75) is 33.7 Å². The predicted octanol–water partition coefficient (Wildman–Crippen LogP) is 3.67. The minimum atomic E-state index is -0.0517. The van der Waals surface area contributed by atoms with Gasteiger partial charge in [0.15, 0.2) is 5.96 Å². The molecule has 0 bridgehead atoms. The van der Waals surface area contributed by atoms with Gasteiger partial charge < -0.3 is 20.7 Å². The van der Waals surface area contributed by atoms with Gasteiger partial charge in [0.25, 0.3) is 5.91 Å². The first kappa shape index (κ1) is 25.7. The Kier molecular flexibility index (Phi) is 11.9. The molecule has 0 aromatic heterocycles. The molecule has 3 N–H and O–H groups in total. The van der Waals surface area contributed by atoms with Crippen molar-refractivity contribution in [3.8, 4) is 5.75 Å². The lowest BCUT2D eigenvalue weighted by molar-refractivity contribution is 0.0956. The summed E-state index contributed by atoms with van der Waals surface area (Å²) in [6.07, 6.45) is 0.844. The van der Waals surface area contributed by atoms with Gasteiger partial charge in [-0.1, -0.05) is 29.8 Å². The van der Waals surface area contributed by atoms with Crippen LogP contribution in [0.3, 0.4) is 0 Å². The quantitative estimate of drug-likeness (QED) is 0.266. The number of hydrogen-bond acceptors (Lipinski definition) is 3. The number of hydrogen-bond donors (Lipinski definition) is 3. The molecule has 0 aliphatic rings. The van der Waals surface area contributed by atoms with E-state index in [2.05, 4.69) is 40.0 Å². The second-order valence-corrected chi connectivity index (χ2v) is 6.74. The number of ether oxygens (including phenoxy) is 1. The van der Waals surface area contributed by atoms with Gasteiger partial charge in [-0.15, -0.1) is 24.0 Å². The van der Waals surface area contributed by atoms with Crippen LogP contribution in [0.4, 0.5) is 0 Å². The van der Waals surface area contributed by atoms with Gasteiger partial charge in [-0.3, -0.25) is 4.79 Å². The summed E-state index contributed by atoms with van der Waals surface area (Å²) in [6, 6.07) is 13.8. The fourth-order valence-electron chi connectivity index (χ4n) is 2.95. The number of methoxy groups -OCH3 is 1. The molecule has 164 valence electrons. The van der Waals surface area contributed by atoms with Crippen LogP contribution >= 0.6 is 24.0 Å². The Balaban J connectivity index is 0.00000450. The summed E-state index contributed by atoms with van der Waals surface area (Å²) in [4.78, 5) is 16.5. The van der Waals surface area contributed by atoms with E-state index in [-0.39, 0.29) is 29.9 Å². The average molecular weight is 524 g/mol. The Hall–Kier alpha value is -2.29. The highest BCUT2D eigenvalue weighted by Gasteiger charge is 2.05. The Bertz CT molecular complexity index is 822. The molecule has 6 nitrogen and oxygen atoms in total. The fraction of sp³-hybridized carbons (Fsp3) is 0.391. The number of rotatable bonds is 9. The van der Waals surface area contributed by atoms with Gasteiger partial charge in [-0.25, -0.2) is 4.99 Å². The molecule has 0 aliphatic heterocycles. The monoisotopic (exact) mass is 524 g/mol. The van der Waals surface area contributed by atoms with Crippen LogP contribution in [-0.2, 0) is 13.0 Å². The number of carbonyl (C=O) groups is 1. The highest BCUT2D eigenvalue weighted by atomic mass is 127. The first-order valence-electron chi connectivity index (χ1n) is 10.1. The smallest absolute Gasteiger partial charge is 0.251 e. The van der Waals surface area contributed by atoms with Crippen LogP contribution in [0.25, 0.3) is 0 Å². The van der Waals surface area contributed by atoms with Crippen molar-refractivity contribution in [3.63, 3.8) is 0 Å². The number of carbonyl (C=O) groups excluding carboxylic acids is 1. The number of guanidine groups is 1. The van der Waals surface area contributed by atoms with Gasteiger partial charge in [0.2, 0.25) is 0 Å². The minimum Gasteiger partial charge on any atom is -0.496 e. The molecule has 0 atom stereocenters. The van der Waals surface area contributed by atoms with Crippen LogP contribution in [0.2, 0.25) is 0 Å². The fourth-order valence-corrected chi connectivity index (χ4v) is 2.95. The molecular weight excluding hydrogens is 491 g/mol. The van der Waals surface area contributed by atoms with Crippen LogP contribution in [-0.4, -0.2) is 38.6 Å². The molecule has 30 heavy (non-hydrogen) atoms. The highest BCUT2D eigenvalue weighted by molar-refractivity contribution is 14.0. The maximum Gasteiger partial charge on any atom is 0.251 e. The molecule has 0 saturated heterocycles. The summed E-state index contributed by atoms with van der Waals surface area (Å²) in [7, 11) is 1.70. The zero-order chi connectivity index (χ0) is 21.1. The average Bonchev–Trinajstić information content (AvgIpc) is 2.72. The van der Waals surface area contributed by atoms with Crippen molar-refractivity contribution in [1.29, 1.82) is 0 Å². The first-order valence-corrected chi connectivity index (χ1v) is 10.1. The zero-order valence-corrected chi connectivity index (χ0v) is 20.6. The van der Waals surface area contributed by atoms with E-state index in [1.165, 1.54) is 11.1 Å². The predicted molar refractivity (Wildman–Crippen MR) is 134 cm³/mol.